The Morgan fingerprint density at radius 1 is 0.483 bits per heavy atom. The Morgan fingerprint density at radius 3 is 1.88 bits per heavy atom. The third-order valence-corrected chi connectivity index (χ3v) is 19.9. The molecule has 0 nitrogen and oxygen atoms in total. The van der Waals surface area contributed by atoms with Gasteiger partial charge in [-0.3, -0.25) is 0 Å². The van der Waals surface area contributed by atoms with Crippen molar-refractivity contribution in [3.63, 3.8) is 0 Å². The van der Waals surface area contributed by atoms with E-state index in [0.29, 0.717) is 17.8 Å². The molecule has 2 aromatic carbocycles. The molecule has 0 bridgehead atoms. The number of thiophene rings is 6. The quantitative estimate of drug-likeness (QED) is 0.150. The largest absolute Gasteiger partial charge is 0.133 e. The second-order valence-corrected chi connectivity index (χ2v) is 22.0. The van der Waals surface area contributed by atoms with E-state index >= 15 is 0 Å². The first-order chi connectivity index (χ1) is 28.7. The van der Waals surface area contributed by atoms with Crippen molar-refractivity contribution in [2.24, 2.45) is 5.92 Å². The summed E-state index contributed by atoms with van der Waals surface area (Å²) in [5, 5.41) is 0. The standard InChI is InChI=1S/C52H38S6/c1-3-13-31(14-4-1)33-17-11-19-35(25-33)37-21-7-9-23-39(37)41-27-45-49(55-41)51-47(53-45)29-43(57-51)44-30-48-52(58-44)50-46(54-48)28-42(56-50)40-24-10-8-22-38(40)36-20-12-18-34(26-36)32-15-5-2-6-16-32/h1,3-5,7-16,18-19,22-30,33,36-37H,2,6,17,20-21H2. The van der Waals surface area contributed by atoms with Crippen molar-refractivity contribution in [1.29, 1.82) is 0 Å². The average molecular weight is 855 g/mol. The van der Waals surface area contributed by atoms with Gasteiger partial charge in [-0.05, 0) is 95.4 Å². The summed E-state index contributed by atoms with van der Waals surface area (Å²) in [6.07, 6.45) is 34.0. The van der Waals surface area contributed by atoms with Gasteiger partial charge in [0.05, 0.1) is 18.8 Å². The van der Waals surface area contributed by atoms with Crippen LogP contribution < -0.4 is 0 Å². The molecule has 6 heteroatoms. The molecule has 0 amide bonds. The van der Waals surface area contributed by atoms with Crippen LogP contribution in [-0.2, 0) is 0 Å². The summed E-state index contributed by atoms with van der Waals surface area (Å²) in [7, 11) is 0. The van der Waals surface area contributed by atoms with E-state index < -0.39 is 0 Å². The SMILES string of the molecule is C1=CCC(C2=CC(c3ccccc3)CC=C2)C(c2cc3sc4cc(-c5cc6sc7cc(-c8ccccc8C8C=C(C9=CCCC=C9)C=CC8)sc7c6s5)sc4c3s2)=C1. The summed E-state index contributed by atoms with van der Waals surface area (Å²) in [5.74, 6) is 1.23. The van der Waals surface area contributed by atoms with E-state index in [1.165, 1.54) is 96.1 Å². The number of benzene rings is 2. The molecule has 0 spiro atoms. The Hall–Kier alpha value is -4.40. The molecule has 8 aromatic rings. The lowest BCUT2D eigenvalue weighted by Gasteiger charge is -2.26. The summed E-state index contributed by atoms with van der Waals surface area (Å²) in [4.78, 5) is 5.62. The fourth-order valence-corrected chi connectivity index (χ4v) is 17.5. The third kappa shape index (κ3) is 6.23. The van der Waals surface area contributed by atoms with E-state index in [0.717, 1.165) is 32.1 Å². The molecule has 58 heavy (non-hydrogen) atoms. The lowest BCUT2D eigenvalue weighted by Crippen LogP contribution is -2.10. The highest BCUT2D eigenvalue weighted by molar-refractivity contribution is 7.42. The van der Waals surface area contributed by atoms with Crippen molar-refractivity contribution in [2.45, 2.75) is 43.9 Å². The van der Waals surface area contributed by atoms with Crippen LogP contribution in [0.3, 0.4) is 0 Å². The second kappa shape index (κ2) is 14.7. The Kier molecular flexibility index (Phi) is 9.01. The summed E-state index contributed by atoms with van der Waals surface area (Å²) in [5.41, 5.74) is 9.91. The molecule has 4 aliphatic rings. The highest BCUT2D eigenvalue weighted by atomic mass is 32.1. The van der Waals surface area contributed by atoms with Crippen molar-refractivity contribution < 1.29 is 0 Å². The van der Waals surface area contributed by atoms with Crippen LogP contribution in [0, 0.1) is 5.92 Å². The molecule has 0 N–H and O–H groups in total. The molecule has 4 aliphatic carbocycles. The van der Waals surface area contributed by atoms with Crippen LogP contribution in [0.1, 0.15) is 59.9 Å². The fraction of sp³-hybridized carbons (Fsp3) is 0.154. The zero-order chi connectivity index (χ0) is 38.2. The topological polar surface area (TPSA) is 0 Å². The van der Waals surface area contributed by atoms with Gasteiger partial charge in [0.25, 0.3) is 0 Å². The molecule has 6 heterocycles. The van der Waals surface area contributed by atoms with Gasteiger partial charge < -0.3 is 0 Å². The summed E-state index contributed by atoms with van der Waals surface area (Å²) < 4.78 is 11.5. The van der Waals surface area contributed by atoms with Crippen LogP contribution in [0.5, 0.6) is 0 Å². The molecule has 3 unspecified atom stereocenters. The summed E-state index contributed by atoms with van der Waals surface area (Å²) in [6.45, 7) is 0. The molecular weight excluding hydrogens is 817 g/mol. The molecule has 0 radical (unpaired) electrons. The maximum absolute atomic E-state index is 2.54. The molecule has 0 aliphatic heterocycles. The monoisotopic (exact) mass is 854 g/mol. The van der Waals surface area contributed by atoms with Crippen molar-refractivity contribution in [1.82, 2.24) is 0 Å². The number of allylic oxidation sites excluding steroid dienone is 16. The van der Waals surface area contributed by atoms with Crippen LogP contribution in [0.2, 0.25) is 0 Å². The van der Waals surface area contributed by atoms with E-state index in [1.807, 2.05) is 68.0 Å². The van der Waals surface area contributed by atoms with Gasteiger partial charge in [0.1, 0.15) is 0 Å². The summed E-state index contributed by atoms with van der Waals surface area (Å²) >= 11 is 11.9. The van der Waals surface area contributed by atoms with Gasteiger partial charge in [0.2, 0.25) is 0 Å². The fourth-order valence-electron chi connectivity index (χ4n) is 9.22. The van der Waals surface area contributed by atoms with Crippen LogP contribution in [0.25, 0.3) is 63.4 Å². The number of fused-ring (bicyclic) bond motifs is 6. The van der Waals surface area contributed by atoms with Gasteiger partial charge in [-0.1, -0.05) is 128 Å². The number of hydrogen-bond acceptors (Lipinski definition) is 6. The Morgan fingerprint density at radius 2 is 1.12 bits per heavy atom. The first-order valence-corrected chi connectivity index (χ1v) is 25.2. The van der Waals surface area contributed by atoms with Gasteiger partial charge in [-0.15, -0.1) is 68.0 Å². The minimum Gasteiger partial charge on any atom is -0.133 e. The normalized spacial score (nSPS) is 20.7. The highest BCUT2D eigenvalue weighted by Crippen LogP contribution is 2.53. The van der Waals surface area contributed by atoms with Gasteiger partial charge in [0, 0.05) is 56.1 Å². The third-order valence-electron chi connectivity index (χ3n) is 12.1. The van der Waals surface area contributed by atoms with Crippen molar-refractivity contribution in [3.05, 3.63) is 184 Å². The van der Waals surface area contributed by atoms with Gasteiger partial charge in [-0.25, -0.2) is 0 Å². The number of rotatable bonds is 7. The summed E-state index contributed by atoms with van der Waals surface area (Å²) in [6, 6.07) is 30.0. The Balaban J connectivity index is 0.841. The van der Waals surface area contributed by atoms with Crippen LogP contribution in [-0.4, -0.2) is 0 Å². The minimum absolute atomic E-state index is 0.385. The first kappa shape index (κ1) is 35.5. The predicted molar refractivity (Wildman–Crippen MR) is 262 cm³/mol. The molecule has 3 atom stereocenters. The zero-order valence-corrected chi connectivity index (χ0v) is 36.5. The highest BCUT2D eigenvalue weighted by Gasteiger charge is 2.26. The molecule has 6 aromatic heterocycles. The van der Waals surface area contributed by atoms with Crippen molar-refractivity contribution >= 4 is 111 Å². The Labute approximate surface area is 362 Å². The maximum Gasteiger partial charge on any atom is 0.0636 e. The van der Waals surface area contributed by atoms with Crippen molar-refractivity contribution in [2.75, 3.05) is 0 Å². The van der Waals surface area contributed by atoms with Gasteiger partial charge in [-0.2, -0.15) is 0 Å². The van der Waals surface area contributed by atoms with E-state index in [9.17, 15) is 0 Å². The van der Waals surface area contributed by atoms with E-state index in [1.54, 1.807) is 0 Å². The maximum atomic E-state index is 2.54. The lowest BCUT2D eigenvalue weighted by atomic mass is 9.79. The van der Waals surface area contributed by atoms with Crippen molar-refractivity contribution in [3.8, 4) is 20.2 Å². The predicted octanol–water partition coefficient (Wildman–Crippen LogP) is 17.9. The van der Waals surface area contributed by atoms with E-state index in [2.05, 4.69) is 152 Å². The molecular formula is C52H38S6. The molecule has 12 rings (SSSR count). The van der Waals surface area contributed by atoms with Crippen LogP contribution in [0.15, 0.2) is 168 Å². The zero-order valence-electron chi connectivity index (χ0n) is 31.7. The smallest absolute Gasteiger partial charge is 0.0636 e. The van der Waals surface area contributed by atoms with Crippen LogP contribution in [0.4, 0.5) is 0 Å². The average Bonchev–Trinajstić information content (AvgIpc) is 4.14. The molecule has 282 valence electrons. The van der Waals surface area contributed by atoms with Gasteiger partial charge >= 0.3 is 0 Å². The lowest BCUT2D eigenvalue weighted by molar-refractivity contribution is 0.762. The molecule has 0 fully saturated rings. The Bertz CT molecular complexity index is 3160. The van der Waals surface area contributed by atoms with E-state index in [4.69, 9.17) is 0 Å². The number of hydrogen-bond donors (Lipinski definition) is 0. The van der Waals surface area contributed by atoms with Gasteiger partial charge in [0.15, 0.2) is 0 Å². The molecule has 0 saturated carbocycles. The van der Waals surface area contributed by atoms with Crippen LogP contribution >= 0.6 is 68.0 Å². The molecule has 0 saturated heterocycles. The minimum atomic E-state index is 0.385. The first-order valence-electron chi connectivity index (χ1n) is 20.3. The second-order valence-electron chi connectivity index (χ2n) is 15.7. The van der Waals surface area contributed by atoms with E-state index in [-0.39, 0.29) is 0 Å².